The van der Waals surface area contributed by atoms with E-state index in [1.807, 2.05) is 41.7 Å². The SMILES string of the molecule is COC(=O)[C@@H]1Cc2c([nH]c3ccccc23)[C@H](c2ccc(OC)c(COc3ccccc3F)c2)[NH2+]1. The summed E-state index contributed by atoms with van der Waals surface area (Å²) >= 11 is 0. The van der Waals surface area contributed by atoms with Gasteiger partial charge in [0.25, 0.3) is 0 Å². The summed E-state index contributed by atoms with van der Waals surface area (Å²) in [7, 11) is 3.01. The molecular weight excluding hydrogens is 435 g/mol. The zero-order valence-corrected chi connectivity index (χ0v) is 19.0. The van der Waals surface area contributed by atoms with E-state index in [2.05, 4.69) is 11.1 Å². The Bertz CT molecular complexity index is 1350. The van der Waals surface area contributed by atoms with Gasteiger partial charge in [0, 0.05) is 28.5 Å². The minimum Gasteiger partial charge on any atom is -0.496 e. The summed E-state index contributed by atoms with van der Waals surface area (Å²) in [6.07, 6.45) is 0.585. The first-order valence-corrected chi connectivity index (χ1v) is 11.2. The highest BCUT2D eigenvalue weighted by molar-refractivity contribution is 5.86. The number of benzene rings is 3. The van der Waals surface area contributed by atoms with Crippen molar-refractivity contribution in [1.29, 1.82) is 0 Å². The Morgan fingerprint density at radius 3 is 2.65 bits per heavy atom. The minimum absolute atomic E-state index is 0.144. The van der Waals surface area contributed by atoms with E-state index in [4.69, 9.17) is 14.2 Å². The normalized spacial score (nSPS) is 17.3. The number of quaternary nitrogens is 1. The fourth-order valence-electron chi connectivity index (χ4n) is 4.74. The third-order valence-electron chi connectivity index (χ3n) is 6.39. The predicted molar refractivity (Wildman–Crippen MR) is 125 cm³/mol. The molecule has 3 N–H and O–H groups in total. The second-order valence-corrected chi connectivity index (χ2v) is 8.36. The Morgan fingerprint density at radius 2 is 1.85 bits per heavy atom. The number of hydrogen-bond acceptors (Lipinski definition) is 4. The Labute approximate surface area is 196 Å². The first kappa shape index (κ1) is 22.0. The number of fused-ring (bicyclic) bond motifs is 3. The van der Waals surface area contributed by atoms with Crippen molar-refractivity contribution in [2.45, 2.75) is 25.1 Å². The van der Waals surface area contributed by atoms with Gasteiger partial charge in [0.2, 0.25) is 0 Å². The van der Waals surface area contributed by atoms with Crippen LogP contribution in [0.2, 0.25) is 0 Å². The second kappa shape index (κ2) is 9.19. The number of para-hydroxylation sites is 2. The molecule has 0 aliphatic carbocycles. The van der Waals surface area contributed by atoms with Gasteiger partial charge in [-0.3, -0.25) is 0 Å². The van der Waals surface area contributed by atoms with E-state index >= 15 is 0 Å². The summed E-state index contributed by atoms with van der Waals surface area (Å²) in [4.78, 5) is 16.1. The molecule has 0 unspecified atom stereocenters. The van der Waals surface area contributed by atoms with Gasteiger partial charge in [0.1, 0.15) is 12.4 Å². The third kappa shape index (κ3) is 3.99. The van der Waals surface area contributed by atoms with Gasteiger partial charge in [-0.05, 0) is 42.0 Å². The largest absolute Gasteiger partial charge is 0.496 e. The maximum atomic E-state index is 14.1. The molecule has 1 aliphatic rings. The molecule has 2 heterocycles. The van der Waals surface area contributed by atoms with E-state index in [1.165, 1.54) is 13.2 Å². The molecular formula is C27H26FN2O4+. The number of rotatable bonds is 6. The van der Waals surface area contributed by atoms with Crippen molar-refractivity contribution >= 4 is 16.9 Å². The molecule has 0 radical (unpaired) electrons. The molecule has 7 heteroatoms. The number of nitrogens with one attached hydrogen (secondary N) is 1. The van der Waals surface area contributed by atoms with Gasteiger partial charge in [-0.1, -0.05) is 30.3 Å². The number of H-pyrrole nitrogens is 1. The lowest BCUT2D eigenvalue weighted by atomic mass is 9.89. The number of carbonyl (C=O) groups is 1. The van der Waals surface area contributed by atoms with Crippen LogP contribution < -0.4 is 14.8 Å². The molecule has 0 bridgehead atoms. The molecule has 174 valence electrons. The van der Waals surface area contributed by atoms with Gasteiger partial charge < -0.3 is 24.5 Å². The monoisotopic (exact) mass is 461 g/mol. The van der Waals surface area contributed by atoms with Gasteiger partial charge in [-0.2, -0.15) is 0 Å². The zero-order valence-electron chi connectivity index (χ0n) is 19.0. The summed E-state index contributed by atoms with van der Waals surface area (Å²) in [5.41, 5.74) is 4.99. The van der Waals surface area contributed by atoms with E-state index in [0.717, 1.165) is 33.3 Å². The highest BCUT2D eigenvalue weighted by Crippen LogP contribution is 2.34. The number of methoxy groups -OCH3 is 2. The number of carbonyl (C=O) groups excluding carboxylic acids is 1. The molecule has 1 aliphatic heterocycles. The van der Waals surface area contributed by atoms with E-state index in [1.54, 1.807) is 25.3 Å². The fraction of sp³-hybridized carbons (Fsp3) is 0.222. The highest BCUT2D eigenvalue weighted by Gasteiger charge is 2.38. The molecule has 1 aromatic heterocycles. The van der Waals surface area contributed by atoms with Crippen molar-refractivity contribution in [3.05, 3.63) is 94.9 Å². The molecule has 0 spiro atoms. The Balaban J connectivity index is 1.54. The van der Waals surface area contributed by atoms with E-state index < -0.39 is 5.82 Å². The molecule has 4 aromatic rings. The van der Waals surface area contributed by atoms with Gasteiger partial charge >= 0.3 is 5.97 Å². The average Bonchev–Trinajstić information content (AvgIpc) is 3.25. The summed E-state index contributed by atoms with van der Waals surface area (Å²) < 4.78 is 30.4. The van der Waals surface area contributed by atoms with Crippen LogP contribution in [0.1, 0.15) is 28.4 Å². The lowest BCUT2D eigenvalue weighted by Gasteiger charge is -2.27. The zero-order chi connectivity index (χ0) is 23.7. The van der Waals surface area contributed by atoms with Crippen molar-refractivity contribution in [2.24, 2.45) is 0 Å². The number of ether oxygens (including phenoxy) is 3. The van der Waals surface area contributed by atoms with Crippen LogP contribution in [0.3, 0.4) is 0 Å². The lowest BCUT2D eigenvalue weighted by molar-refractivity contribution is -0.712. The molecule has 3 aromatic carbocycles. The van der Waals surface area contributed by atoms with Gasteiger partial charge in [-0.25, -0.2) is 9.18 Å². The van der Waals surface area contributed by atoms with Crippen LogP contribution in [0, 0.1) is 5.82 Å². The molecule has 0 fully saturated rings. The summed E-state index contributed by atoms with van der Waals surface area (Å²) in [5, 5.41) is 3.15. The van der Waals surface area contributed by atoms with Crippen LogP contribution in [0.15, 0.2) is 66.7 Å². The molecule has 0 saturated carbocycles. The third-order valence-corrected chi connectivity index (χ3v) is 6.39. The molecule has 2 atom stereocenters. The van der Waals surface area contributed by atoms with E-state index in [0.29, 0.717) is 12.2 Å². The van der Waals surface area contributed by atoms with Crippen LogP contribution in [0.25, 0.3) is 10.9 Å². The number of esters is 1. The second-order valence-electron chi connectivity index (χ2n) is 8.36. The molecule has 0 saturated heterocycles. The molecule has 34 heavy (non-hydrogen) atoms. The van der Waals surface area contributed by atoms with Crippen molar-refractivity contribution < 1.29 is 28.7 Å². The van der Waals surface area contributed by atoms with Crippen molar-refractivity contribution in [3.8, 4) is 11.5 Å². The van der Waals surface area contributed by atoms with Crippen LogP contribution in [-0.4, -0.2) is 31.2 Å². The average molecular weight is 462 g/mol. The molecule has 5 rings (SSSR count). The molecule has 0 amide bonds. The standard InChI is InChI=1S/C27H25FN2O4/c1-32-23-12-11-16(13-17(23)15-34-24-10-6-4-8-20(24)28)25-26-19(14-22(30-25)27(31)33-2)18-7-3-5-9-21(18)29-26/h3-13,22,25,29-30H,14-15H2,1-2H3/p+1/t22-,25-/m0/s1. The van der Waals surface area contributed by atoms with Crippen LogP contribution in [-0.2, 0) is 22.6 Å². The first-order chi connectivity index (χ1) is 16.6. The van der Waals surface area contributed by atoms with Crippen LogP contribution >= 0.6 is 0 Å². The number of halogens is 1. The number of hydrogen-bond donors (Lipinski definition) is 2. The van der Waals surface area contributed by atoms with Crippen LogP contribution in [0.4, 0.5) is 4.39 Å². The number of aromatic amines is 1. The summed E-state index contributed by atoms with van der Waals surface area (Å²) in [6, 6.07) is 19.8. The predicted octanol–water partition coefficient (Wildman–Crippen LogP) is 3.65. The Kier molecular flexibility index (Phi) is 5.94. The first-order valence-electron chi connectivity index (χ1n) is 11.2. The maximum Gasteiger partial charge on any atom is 0.364 e. The quantitative estimate of drug-likeness (QED) is 0.430. The molecule has 6 nitrogen and oxygen atoms in total. The van der Waals surface area contributed by atoms with Crippen molar-refractivity contribution in [3.63, 3.8) is 0 Å². The smallest absolute Gasteiger partial charge is 0.364 e. The maximum absolute atomic E-state index is 14.1. The summed E-state index contributed by atoms with van der Waals surface area (Å²) in [5.74, 6) is 0.166. The number of nitrogens with two attached hydrogens (primary N) is 1. The Morgan fingerprint density at radius 1 is 1.06 bits per heavy atom. The van der Waals surface area contributed by atoms with E-state index in [-0.39, 0.29) is 30.4 Å². The summed E-state index contributed by atoms with van der Waals surface area (Å²) in [6.45, 7) is 0.144. The van der Waals surface area contributed by atoms with Crippen LogP contribution in [0.5, 0.6) is 11.5 Å². The van der Waals surface area contributed by atoms with Gasteiger partial charge in [0.05, 0.1) is 19.9 Å². The number of aromatic nitrogens is 1. The van der Waals surface area contributed by atoms with Crippen molar-refractivity contribution in [1.82, 2.24) is 4.98 Å². The van der Waals surface area contributed by atoms with Gasteiger partial charge in [0.15, 0.2) is 23.7 Å². The van der Waals surface area contributed by atoms with Gasteiger partial charge in [-0.15, -0.1) is 0 Å². The lowest BCUT2D eigenvalue weighted by Crippen LogP contribution is -2.94. The topological polar surface area (TPSA) is 77.2 Å². The van der Waals surface area contributed by atoms with Crippen molar-refractivity contribution in [2.75, 3.05) is 14.2 Å². The fourth-order valence-corrected chi connectivity index (χ4v) is 4.74. The minimum atomic E-state index is -0.415. The highest BCUT2D eigenvalue weighted by atomic mass is 19.1. The Hall–Kier alpha value is -3.84. The van der Waals surface area contributed by atoms with E-state index in [9.17, 15) is 9.18 Å².